The molecule has 438 valence electrons. The predicted octanol–water partition coefficient (Wildman–Crippen LogP) is 16.5. The van der Waals surface area contributed by atoms with E-state index in [1.807, 2.05) is 88.4 Å². The molecule has 3 heterocycles. The second-order valence-electron chi connectivity index (χ2n) is 25.4. The number of aryl methyl sites for hydroxylation is 3. The lowest BCUT2D eigenvalue weighted by Gasteiger charge is -2.21. The topological polar surface area (TPSA) is 187 Å². The van der Waals surface area contributed by atoms with Gasteiger partial charge in [0.2, 0.25) is 10.0 Å². The van der Waals surface area contributed by atoms with Crippen molar-refractivity contribution >= 4 is 43.1 Å². The third-order valence-corrected chi connectivity index (χ3v) is 18.7. The number of nitrogens with two attached hydrogens (primary N) is 1. The lowest BCUT2D eigenvalue weighted by atomic mass is 9.89. The lowest BCUT2D eigenvalue weighted by Crippen LogP contribution is -2.16. The van der Waals surface area contributed by atoms with Crippen molar-refractivity contribution < 1.29 is 18.6 Å². The molecule has 3 saturated carbocycles. The normalized spacial score (nSPS) is 18.9. The van der Waals surface area contributed by atoms with Crippen molar-refractivity contribution in [2.24, 2.45) is 5.14 Å². The van der Waals surface area contributed by atoms with E-state index in [1.165, 1.54) is 39.4 Å². The van der Waals surface area contributed by atoms with Gasteiger partial charge in [-0.2, -0.15) is 0 Å². The molecular weight excluding hydrogens is 1090 g/mol. The zero-order chi connectivity index (χ0) is 60.5. The minimum absolute atomic E-state index is 0.126. The lowest BCUT2D eigenvalue weighted by molar-refractivity contribution is 0.0786. The fourth-order valence-electron chi connectivity index (χ4n) is 12.6. The molecule has 12 heteroatoms. The smallest absolute Gasteiger partial charge is 0.238 e. The first-order valence-electron chi connectivity index (χ1n) is 30.2. The molecule has 0 saturated heterocycles. The van der Waals surface area contributed by atoms with Gasteiger partial charge < -0.3 is 25.2 Å². The average molecular weight is 1170 g/mol. The Kier molecular flexibility index (Phi) is 14.8. The molecule has 9 aromatic carbocycles. The highest BCUT2D eigenvalue weighted by molar-refractivity contribution is 7.89. The van der Waals surface area contributed by atoms with E-state index in [0.717, 1.165) is 109 Å². The fourth-order valence-corrected chi connectivity index (χ4v) is 13.4. The van der Waals surface area contributed by atoms with Crippen LogP contribution in [0.3, 0.4) is 0 Å². The zero-order valence-electron chi connectivity index (χ0n) is 50.2. The van der Waals surface area contributed by atoms with E-state index in [-0.39, 0.29) is 4.90 Å². The molecular formula is C75H73N7O4S. The number of aromatic nitrogens is 6. The minimum atomic E-state index is -3.80. The van der Waals surface area contributed by atoms with Gasteiger partial charge in [0.25, 0.3) is 0 Å². The van der Waals surface area contributed by atoms with E-state index < -0.39 is 21.2 Å². The summed E-state index contributed by atoms with van der Waals surface area (Å²) >= 11 is 0. The molecule has 0 spiro atoms. The SMILES string of the molecule is Cc1ccc([C@@H]2C[C@@H]2c2nc3ccc(-c4ccccc4C(C)(C)O)cc3[nH]2)cc1.Cc1ccc([C@H]2C[C@@H]2c2nc3ccc(-c4ccccc4C(C)(C)O)cc3[nH]2)cc1.Cc1ccc([C@H]2C[C@@H]2c2nc3ccc(-c4ccccc4S(N)(=O)=O)cc3[nH]2)cc1. The van der Waals surface area contributed by atoms with Crippen LogP contribution >= 0.6 is 0 Å². The van der Waals surface area contributed by atoms with Gasteiger partial charge in [0, 0.05) is 23.3 Å². The van der Waals surface area contributed by atoms with Gasteiger partial charge in [-0.25, -0.2) is 28.5 Å². The molecule has 3 aromatic heterocycles. The Labute approximate surface area is 508 Å². The molecule has 3 aliphatic rings. The number of primary sulfonamides is 1. The number of imidazole rings is 3. The summed E-state index contributed by atoms with van der Waals surface area (Å²) in [5.74, 6) is 6.11. The van der Waals surface area contributed by atoms with E-state index in [4.69, 9.17) is 20.1 Å². The molecule has 7 N–H and O–H groups in total. The largest absolute Gasteiger partial charge is 0.386 e. The van der Waals surface area contributed by atoms with E-state index in [2.05, 4.69) is 157 Å². The van der Waals surface area contributed by atoms with Crippen LogP contribution in [0.15, 0.2) is 205 Å². The summed E-state index contributed by atoms with van der Waals surface area (Å²) in [6, 6.07) is 67.8. The Morgan fingerprint density at radius 3 is 1.02 bits per heavy atom. The van der Waals surface area contributed by atoms with Gasteiger partial charge in [-0.05, 0) is 184 Å². The van der Waals surface area contributed by atoms with Crippen LogP contribution in [0.5, 0.6) is 0 Å². The van der Waals surface area contributed by atoms with Crippen LogP contribution in [0.2, 0.25) is 0 Å². The number of sulfonamides is 1. The number of benzene rings is 9. The van der Waals surface area contributed by atoms with Gasteiger partial charge in [0.05, 0.1) is 49.2 Å². The summed E-state index contributed by atoms with van der Waals surface area (Å²) in [5, 5.41) is 26.5. The van der Waals surface area contributed by atoms with Crippen LogP contribution < -0.4 is 5.14 Å². The van der Waals surface area contributed by atoms with Gasteiger partial charge in [0.1, 0.15) is 17.5 Å². The summed E-state index contributed by atoms with van der Waals surface area (Å²) in [4.78, 5) is 25.2. The predicted molar refractivity (Wildman–Crippen MR) is 350 cm³/mol. The van der Waals surface area contributed by atoms with Crippen LogP contribution in [0, 0.1) is 20.8 Å². The van der Waals surface area contributed by atoms with Crippen LogP contribution in [0.25, 0.3) is 66.5 Å². The quantitative estimate of drug-likeness (QED) is 0.0702. The highest BCUT2D eigenvalue weighted by atomic mass is 32.2. The second kappa shape index (κ2) is 22.5. The first-order valence-corrected chi connectivity index (χ1v) is 31.7. The van der Waals surface area contributed by atoms with Crippen molar-refractivity contribution in [3.05, 3.63) is 262 Å². The number of nitrogens with zero attached hydrogens (tertiary/aromatic N) is 3. The molecule has 0 unspecified atom stereocenters. The summed E-state index contributed by atoms with van der Waals surface area (Å²) in [6.07, 6.45) is 3.39. The number of H-pyrrole nitrogens is 3. The molecule has 6 atom stereocenters. The van der Waals surface area contributed by atoms with Crippen LogP contribution in [-0.2, 0) is 21.2 Å². The molecule has 0 amide bonds. The van der Waals surface area contributed by atoms with Gasteiger partial charge in [0.15, 0.2) is 0 Å². The van der Waals surface area contributed by atoms with Crippen LogP contribution in [0.4, 0.5) is 0 Å². The van der Waals surface area contributed by atoms with Crippen molar-refractivity contribution in [1.29, 1.82) is 0 Å². The summed E-state index contributed by atoms with van der Waals surface area (Å²) in [7, 11) is -3.80. The zero-order valence-corrected chi connectivity index (χ0v) is 51.0. The maximum atomic E-state index is 11.9. The number of aromatic amines is 3. The van der Waals surface area contributed by atoms with E-state index in [0.29, 0.717) is 41.1 Å². The third-order valence-electron chi connectivity index (χ3n) is 17.7. The highest BCUT2D eigenvalue weighted by Crippen LogP contribution is 2.56. The van der Waals surface area contributed by atoms with Gasteiger partial charge in [-0.15, -0.1) is 0 Å². The Morgan fingerprint density at radius 1 is 0.402 bits per heavy atom. The number of rotatable bonds is 12. The molecule has 12 aromatic rings. The molecule has 15 rings (SSSR count). The number of aliphatic hydroxyl groups is 2. The van der Waals surface area contributed by atoms with Gasteiger partial charge in [-0.3, -0.25) is 0 Å². The summed E-state index contributed by atoms with van der Waals surface area (Å²) in [5.41, 5.74) is 19.7. The minimum Gasteiger partial charge on any atom is -0.386 e. The van der Waals surface area contributed by atoms with E-state index in [1.54, 1.807) is 12.1 Å². The second-order valence-corrected chi connectivity index (χ2v) is 26.9. The van der Waals surface area contributed by atoms with Crippen molar-refractivity contribution in [2.75, 3.05) is 0 Å². The van der Waals surface area contributed by atoms with Crippen molar-refractivity contribution in [2.45, 2.75) is 119 Å². The number of hydrogen-bond donors (Lipinski definition) is 6. The fraction of sp³-hybridized carbons (Fsp3) is 0.240. The third kappa shape index (κ3) is 12.2. The highest BCUT2D eigenvalue weighted by Gasteiger charge is 2.44. The number of fused-ring (bicyclic) bond motifs is 3. The average Bonchev–Trinajstić information content (AvgIpc) is 1.78. The molecule has 0 bridgehead atoms. The first kappa shape index (κ1) is 57.3. The van der Waals surface area contributed by atoms with Crippen LogP contribution in [-0.4, -0.2) is 48.5 Å². The first-order chi connectivity index (χ1) is 41.7. The van der Waals surface area contributed by atoms with Crippen LogP contribution in [0.1, 0.15) is 144 Å². The van der Waals surface area contributed by atoms with E-state index >= 15 is 0 Å². The van der Waals surface area contributed by atoms with Crippen molar-refractivity contribution in [3.8, 4) is 33.4 Å². The molecule has 3 aliphatic carbocycles. The monoisotopic (exact) mass is 1170 g/mol. The molecule has 11 nitrogen and oxygen atoms in total. The molecule has 3 fully saturated rings. The van der Waals surface area contributed by atoms with Crippen molar-refractivity contribution in [3.63, 3.8) is 0 Å². The van der Waals surface area contributed by atoms with Gasteiger partial charge in [-0.1, -0.05) is 174 Å². The maximum absolute atomic E-state index is 11.9. The number of nitrogens with one attached hydrogen (secondary N) is 3. The number of hydrogen-bond acceptors (Lipinski definition) is 7. The Morgan fingerprint density at radius 2 is 0.701 bits per heavy atom. The maximum Gasteiger partial charge on any atom is 0.238 e. The Hall–Kier alpha value is -8.78. The molecule has 0 radical (unpaired) electrons. The van der Waals surface area contributed by atoms with Crippen molar-refractivity contribution in [1.82, 2.24) is 29.9 Å². The van der Waals surface area contributed by atoms with Gasteiger partial charge >= 0.3 is 0 Å². The summed E-state index contributed by atoms with van der Waals surface area (Å²) < 4.78 is 23.9. The Bertz CT molecular complexity index is 4430. The molecule has 87 heavy (non-hydrogen) atoms. The standard InChI is InChI=1S/2C26H26N2O.C23H21N3O2S/c2*1-16-8-10-17(11-9-16)20-15-21(20)25-27-23-13-12-18(14-24(23)28-25)19-6-4-5-7-22(19)26(2,3)29;1-14-6-8-15(9-7-14)18-13-19(18)23-25-20-11-10-16(12-21(20)26-23)17-4-2-3-5-22(17)29(24,27)28/h2*4-14,20-21,29H,15H2,1-3H3,(H,27,28);2-12,18-19H,13H2,1H3,(H,25,26)(H2,24,27,28)/t20-,21+;20-,21-;18-,19+/m101/s1. The van der Waals surface area contributed by atoms with E-state index in [9.17, 15) is 18.6 Å². The molecule has 0 aliphatic heterocycles. The Balaban J connectivity index is 0.000000121. The summed E-state index contributed by atoms with van der Waals surface area (Å²) in [6.45, 7) is 13.7.